The Balaban J connectivity index is 1.75. The number of aryl methyl sites for hydroxylation is 2. The molecule has 1 heterocycles. The summed E-state index contributed by atoms with van der Waals surface area (Å²) in [5.41, 5.74) is 3.84. The largest absolute Gasteiger partial charge is 0.481 e. The zero-order valence-corrected chi connectivity index (χ0v) is 17.0. The van der Waals surface area contributed by atoms with Gasteiger partial charge in [0.25, 0.3) is 5.91 Å². The molecule has 2 aromatic carbocycles. The van der Waals surface area contributed by atoms with Gasteiger partial charge in [0.05, 0.1) is 10.2 Å². The highest BCUT2D eigenvalue weighted by Gasteiger charge is 2.16. The van der Waals surface area contributed by atoms with Crippen LogP contribution in [0.25, 0.3) is 10.2 Å². The van der Waals surface area contributed by atoms with E-state index in [-0.39, 0.29) is 16.8 Å². The maximum atomic E-state index is 12.5. The molecule has 6 heteroatoms. The second kappa shape index (κ2) is 7.56. The normalized spacial score (nSPS) is 12.4. The Hall–Kier alpha value is -2.60. The molecule has 3 aromatic rings. The van der Waals surface area contributed by atoms with E-state index in [4.69, 9.17) is 4.74 Å². The molecule has 1 N–H and O–H groups in total. The quantitative estimate of drug-likeness (QED) is 0.695. The molecule has 0 aliphatic heterocycles. The van der Waals surface area contributed by atoms with Crippen molar-refractivity contribution < 1.29 is 9.53 Å². The van der Waals surface area contributed by atoms with Crippen molar-refractivity contribution >= 4 is 33.1 Å². The number of nitrogens with one attached hydrogen (secondary N) is 1. The fourth-order valence-corrected chi connectivity index (χ4v) is 3.94. The molecule has 0 aliphatic carbocycles. The average molecular weight is 385 g/mol. The molecule has 0 aliphatic rings. The molecule has 27 heavy (non-hydrogen) atoms. The van der Waals surface area contributed by atoms with E-state index in [9.17, 15) is 9.59 Å². The number of rotatable bonds is 5. The van der Waals surface area contributed by atoms with Crippen molar-refractivity contribution in [3.8, 4) is 5.75 Å². The van der Waals surface area contributed by atoms with Gasteiger partial charge in [0.15, 0.2) is 6.10 Å². The minimum absolute atomic E-state index is 0.00918. The number of thiazole rings is 1. The summed E-state index contributed by atoms with van der Waals surface area (Å²) >= 11 is 1.19. The summed E-state index contributed by atoms with van der Waals surface area (Å²) < 4.78 is 8.38. The first-order valence-electron chi connectivity index (χ1n) is 8.96. The number of ether oxygens (including phenoxy) is 1. The van der Waals surface area contributed by atoms with Gasteiger partial charge >= 0.3 is 4.87 Å². The van der Waals surface area contributed by atoms with Crippen LogP contribution < -0.4 is 14.9 Å². The van der Waals surface area contributed by atoms with Crippen molar-refractivity contribution in [3.05, 3.63) is 57.2 Å². The molecule has 0 bridgehead atoms. The number of nitrogens with zero attached hydrogens (tertiary/aromatic N) is 1. The lowest BCUT2D eigenvalue weighted by molar-refractivity contribution is -0.122. The van der Waals surface area contributed by atoms with Gasteiger partial charge in [-0.25, -0.2) is 0 Å². The van der Waals surface area contributed by atoms with E-state index >= 15 is 0 Å². The van der Waals surface area contributed by atoms with Crippen molar-refractivity contribution in [1.29, 1.82) is 0 Å². The number of amides is 1. The van der Waals surface area contributed by atoms with E-state index in [1.165, 1.54) is 16.9 Å². The van der Waals surface area contributed by atoms with Gasteiger partial charge in [-0.3, -0.25) is 14.2 Å². The van der Waals surface area contributed by atoms with Crippen LogP contribution in [0.2, 0.25) is 0 Å². The predicted octanol–water partition coefficient (Wildman–Crippen LogP) is 4.67. The highest BCUT2D eigenvalue weighted by Crippen LogP contribution is 2.24. The zero-order valence-electron chi connectivity index (χ0n) is 16.2. The first-order chi connectivity index (χ1) is 12.8. The van der Waals surface area contributed by atoms with Crippen LogP contribution in [-0.2, 0) is 4.79 Å². The number of hydrogen-bond acceptors (Lipinski definition) is 4. The Morgan fingerprint density at radius 3 is 2.48 bits per heavy atom. The second-order valence-corrected chi connectivity index (χ2v) is 8.00. The smallest absolute Gasteiger partial charge is 0.308 e. The van der Waals surface area contributed by atoms with Gasteiger partial charge in [0.1, 0.15) is 5.75 Å². The van der Waals surface area contributed by atoms with Crippen LogP contribution in [0.5, 0.6) is 5.75 Å². The maximum absolute atomic E-state index is 12.5. The summed E-state index contributed by atoms with van der Waals surface area (Å²) in [4.78, 5) is 24.6. The van der Waals surface area contributed by atoms with Gasteiger partial charge in [-0.05, 0) is 76.1 Å². The molecule has 0 spiro atoms. The standard InChI is InChI=1S/C21H24N2O3S/c1-12(2)23-18-9-7-16(11-19(18)27-21(23)25)22-20(24)15(5)26-17-8-6-13(3)14(4)10-17/h6-12,15H,1-5H3,(H,22,24)/t15-/m1/s1. The predicted molar refractivity (Wildman–Crippen MR) is 111 cm³/mol. The van der Waals surface area contributed by atoms with Gasteiger partial charge < -0.3 is 10.1 Å². The van der Waals surface area contributed by atoms with Gasteiger partial charge in [0.2, 0.25) is 0 Å². The first-order valence-corrected chi connectivity index (χ1v) is 9.78. The van der Waals surface area contributed by atoms with Gasteiger partial charge in [-0.1, -0.05) is 17.4 Å². The molecule has 0 saturated carbocycles. The van der Waals surface area contributed by atoms with E-state index in [2.05, 4.69) is 5.32 Å². The number of hydrogen-bond donors (Lipinski definition) is 1. The van der Waals surface area contributed by atoms with Crippen LogP contribution in [0.15, 0.2) is 41.2 Å². The van der Waals surface area contributed by atoms with E-state index in [0.717, 1.165) is 15.8 Å². The minimum Gasteiger partial charge on any atom is -0.481 e. The summed E-state index contributed by atoms with van der Waals surface area (Å²) in [5.74, 6) is 0.437. The van der Waals surface area contributed by atoms with E-state index in [1.807, 2.05) is 64.1 Å². The molecule has 1 amide bonds. The fourth-order valence-electron chi connectivity index (χ4n) is 2.89. The Kier molecular flexibility index (Phi) is 5.37. The maximum Gasteiger partial charge on any atom is 0.308 e. The second-order valence-electron chi connectivity index (χ2n) is 7.01. The van der Waals surface area contributed by atoms with E-state index in [0.29, 0.717) is 11.4 Å². The Bertz CT molecular complexity index is 1050. The van der Waals surface area contributed by atoms with Crippen molar-refractivity contribution in [3.63, 3.8) is 0 Å². The topological polar surface area (TPSA) is 60.3 Å². The summed E-state index contributed by atoms with van der Waals surface area (Å²) in [6.45, 7) is 9.73. The van der Waals surface area contributed by atoms with Crippen LogP contribution in [0.4, 0.5) is 5.69 Å². The van der Waals surface area contributed by atoms with Crippen molar-refractivity contribution in [2.45, 2.75) is 46.8 Å². The highest BCUT2D eigenvalue weighted by molar-refractivity contribution is 7.16. The number of benzene rings is 2. The third-order valence-electron chi connectivity index (χ3n) is 4.56. The lowest BCUT2D eigenvalue weighted by atomic mass is 10.1. The molecule has 0 saturated heterocycles. The molecule has 1 aromatic heterocycles. The molecule has 3 rings (SSSR count). The molecule has 142 valence electrons. The molecule has 1 atom stereocenters. The minimum atomic E-state index is -0.637. The number of carbonyl (C=O) groups is 1. The number of anilines is 1. The third-order valence-corrected chi connectivity index (χ3v) is 5.48. The average Bonchev–Trinajstić information content (AvgIpc) is 2.93. The molecular weight excluding hydrogens is 360 g/mol. The molecule has 0 fully saturated rings. The van der Waals surface area contributed by atoms with Crippen LogP contribution in [0.3, 0.4) is 0 Å². The van der Waals surface area contributed by atoms with Gasteiger partial charge in [-0.15, -0.1) is 0 Å². The van der Waals surface area contributed by atoms with Crippen LogP contribution in [-0.4, -0.2) is 16.6 Å². The lowest BCUT2D eigenvalue weighted by Crippen LogP contribution is -2.30. The first kappa shape index (κ1) is 19.2. The SMILES string of the molecule is Cc1ccc(O[C@H](C)C(=O)Nc2ccc3c(c2)sc(=O)n3C(C)C)cc1C. The van der Waals surface area contributed by atoms with Crippen LogP contribution in [0.1, 0.15) is 37.9 Å². The van der Waals surface area contributed by atoms with Crippen molar-refractivity contribution in [1.82, 2.24) is 4.57 Å². The Labute approximate surface area is 162 Å². The van der Waals surface area contributed by atoms with Gasteiger partial charge in [-0.2, -0.15) is 0 Å². The summed E-state index contributed by atoms with van der Waals surface area (Å²) in [6.07, 6.45) is -0.637. The highest BCUT2D eigenvalue weighted by atomic mass is 32.1. The van der Waals surface area contributed by atoms with E-state index in [1.54, 1.807) is 11.5 Å². The molecule has 0 radical (unpaired) electrons. The molecule has 0 unspecified atom stereocenters. The zero-order chi connectivity index (χ0) is 19.7. The number of fused-ring (bicyclic) bond motifs is 1. The molecule has 5 nitrogen and oxygen atoms in total. The molecular formula is C21H24N2O3S. The summed E-state index contributed by atoms with van der Waals surface area (Å²) in [7, 11) is 0. The third kappa shape index (κ3) is 4.06. The van der Waals surface area contributed by atoms with Crippen LogP contribution in [0, 0.1) is 13.8 Å². The van der Waals surface area contributed by atoms with E-state index < -0.39 is 6.10 Å². The number of carbonyl (C=O) groups excluding carboxylic acids is 1. The fraction of sp³-hybridized carbons (Fsp3) is 0.333. The summed E-state index contributed by atoms with van der Waals surface area (Å²) in [5, 5.41) is 2.87. The number of aromatic nitrogens is 1. The van der Waals surface area contributed by atoms with Gasteiger partial charge in [0, 0.05) is 11.7 Å². The monoisotopic (exact) mass is 384 g/mol. The lowest BCUT2D eigenvalue weighted by Gasteiger charge is -2.16. The Morgan fingerprint density at radius 1 is 1.07 bits per heavy atom. The van der Waals surface area contributed by atoms with Crippen molar-refractivity contribution in [2.24, 2.45) is 0 Å². The van der Waals surface area contributed by atoms with Crippen molar-refractivity contribution in [2.75, 3.05) is 5.32 Å². The Morgan fingerprint density at radius 2 is 1.81 bits per heavy atom. The summed E-state index contributed by atoms with van der Waals surface area (Å²) in [6, 6.07) is 11.4. The van der Waals surface area contributed by atoms with Crippen LogP contribution >= 0.6 is 11.3 Å².